The van der Waals surface area contributed by atoms with Crippen LogP contribution in [0.4, 0.5) is 0 Å². The third kappa shape index (κ3) is 5.17. The summed E-state index contributed by atoms with van der Waals surface area (Å²) >= 11 is 4.87. The lowest BCUT2D eigenvalue weighted by molar-refractivity contribution is -0.132. The standard InChI is InChI=1S/C15H22N2O2S/c1-11(2)17(8-7-14(16)20)15(18)10-12-5-4-6-13(9-12)19-3/h4-6,9,11H,7-8,10H2,1-3H3,(H2,16,20). The largest absolute Gasteiger partial charge is 0.497 e. The second-order valence-corrected chi connectivity index (χ2v) is 5.45. The molecule has 2 N–H and O–H groups in total. The number of rotatable bonds is 7. The maximum absolute atomic E-state index is 12.4. The second-order valence-electron chi connectivity index (χ2n) is 4.93. The molecule has 110 valence electrons. The quantitative estimate of drug-likeness (QED) is 0.783. The Hall–Kier alpha value is -1.62. The summed E-state index contributed by atoms with van der Waals surface area (Å²) in [5.41, 5.74) is 6.45. The van der Waals surface area contributed by atoms with E-state index in [0.717, 1.165) is 11.3 Å². The van der Waals surface area contributed by atoms with E-state index in [4.69, 9.17) is 22.7 Å². The van der Waals surface area contributed by atoms with Gasteiger partial charge in [-0.25, -0.2) is 0 Å². The molecule has 0 unspecified atom stereocenters. The van der Waals surface area contributed by atoms with Gasteiger partial charge in [0.15, 0.2) is 0 Å². The number of hydrogen-bond acceptors (Lipinski definition) is 3. The maximum atomic E-state index is 12.4. The number of amides is 1. The Balaban J connectivity index is 2.72. The van der Waals surface area contributed by atoms with Crippen molar-refractivity contribution in [3.05, 3.63) is 29.8 Å². The van der Waals surface area contributed by atoms with Crippen LogP contribution in [0, 0.1) is 0 Å². The first kappa shape index (κ1) is 16.4. The number of carbonyl (C=O) groups excluding carboxylic acids is 1. The zero-order valence-corrected chi connectivity index (χ0v) is 13.1. The monoisotopic (exact) mass is 294 g/mol. The summed E-state index contributed by atoms with van der Waals surface area (Å²) in [6.07, 6.45) is 0.907. The number of hydrogen-bond donors (Lipinski definition) is 1. The van der Waals surface area contributed by atoms with E-state index in [1.165, 1.54) is 0 Å². The van der Waals surface area contributed by atoms with Crippen molar-refractivity contribution in [2.45, 2.75) is 32.7 Å². The maximum Gasteiger partial charge on any atom is 0.227 e. The molecule has 1 rings (SSSR count). The van der Waals surface area contributed by atoms with Crippen molar-refractivity contribution >= 4 is 23.1 Å². The molecule has 1 aromatic carbocycles. The van der Waals surface area contributed by atoms with Gasteiger partial charge in [-0.1, -0.05) is 24.4 Å². The van der Waals surface area contributed by atoms with Crippen LogP contribution in [0.2, 0.25) is 0 Å². The molecule has 0 saturated carbocycles. The Morgan fingerprint density at radius 1 is 1.45 bits per heavy atom. The Bertz CT molecular complexity index is 475. The van der Waals surface area contributed by atoms with Crippen molar-refractivity contribution < 1.29 is 9.53 Å². The molecule has 0 aliphatic rings. The Morgan fingerprint density at radius 3 is 2.70 bits per heavy atom. The van der Waals surface area contributed by atoms with Gasteiger partial charge in [-0.05, 0) is 31.5 Å². The number of carbonyl (C=O) groups is 1. The molecule has 1 aromatic rings. The number of nitrogens with two attached hydrogens (primary N) is 1. The van der Waals surface area contributed by atoms with Crippen LogP contribution in [0.1, 0.15) is 25.8 Å². The molecule has 1 amide bonds. The van der Waals surface area contributed by atoms with Crippen LogP contribution in [-0.4, -0.2) is 35.5 Å². The van der Waals surface area contributed by atoms with Crippen LogP contribution in [0.5, 0.6) is 5.75 Å². The Morgan fingerprint density at radius 2 is 2.15 bits per heavy atom. The van der Waals surface area contributed by atoms with Crippen molar-refractivity contribution in [2.75, 3.05) is 13.7 Å². The van der Waals surface area contributed by atoms with Gasteiger partial charge in [0.05, 0.1) is 18.5 Å². The molecule has 0 heterocycles. The van der Waals surface area contributed by atoms with Crippen molar-refractivity contribution in [3.8, 4) is 5.75 Å². The van der Waals surface area contributed by atoms with Gasteiger partial charge in [0.2, 0.25) is 5.91 Å². The molecule has 0 aliphatic heterocycles. The predicted octanol–water partition coefficient (Wildman–Crippen LogP) is 2.15. The van der Waals surface area contributed by atoms with Gasteiger partial charge in [-0.15, -0.1) is 0 Å². The minimum Gasteiger partial charge on any atom is -0.497 e. The summed E-state index contributed by atoms with van der Waals surface area (Å²) in [5, 5.41) is 0. The van der Waals surface area contributed by atoms with Crippen molar-refractivity contribution in [1.82, 2.24) is 4.90 Å². The molecule has 0 aromatic heterocycles. The molecule has 0 fully saturated rings. The van der Waals surface area contributed by atoms with E-state index in [9.17, 15) is 4.79 Å². The summed E-state index contributed by atoms with van der Waals surface area (Å²) < 4.78 is 5.16. The van der Waals surface area contributed by atoms with E-state index in [1.54, 1.807) is 12.0 Å². The Kier molecular flexibility index (Phi) is 6.45. The number of benzene rings is 1. The van der Waals surface area contributed by atoms with Crippen LogP contribution in [0.15, 0.2) is 24.3 Å². The van der Waals surface area contributed by atoms with Gasteiger partial charge in [0.1, 0.15) is 5.75 Å². The van der Waals surface area contributed by atoms with Gasteiger partial charge in [0.25, 0.3) is 0 Å². The minimum atomic E-state index is 0.0736. The fraction of sp³-hybridized carbons (Fsp3) is 0.467. The smallest absolute Gasteiger partial charge is 0.227 e. The van der Waals surface area contributed by atoms with E-state index in [-0.39, 0.29) is 11.9 Å². The molecule has 0 saturated heterocycles. The summed E-state index contributed by atoms with van der Waals surface area (Å²) in [6, 6.07) is 7.68. The van der Waals surface area contributed by atoms with Crippen molar-refractivity contribution in [2.24, 2.45) is 5.73 Å². The third-order valence-corrected chi connectivity index (χ3v) is 3.24. The first-order chi connectivity index (χ1) is 9.43. The van der Waals surface area contributed by atoms with Crippen LogP contribution in [-0.2, 0) is 11.2 Å². The molecular weight excluding hydrogens is 272 g/mol. The zero-order chi connectivity index (χ0) is 15.1. The van der Waals surface area contributed by atoms with Crippen molar-refractivity contribution in [3.63, 3.8) is 0 Å². The number of ether oxygens (including phenoxy) is 1. The van der Waals surface area contributed by atoms with Crippen LogP contribution >= 0.6 is 12.2 Å². The second kappa shape index (κ2) is 7.85. The topological polar surface area (TPSA) is 55.6 Å². The number of methoxy groups -OCH3 is 1. The molecule has 20 heavy (non-hydrogen) atoms. The van der Waals surface area contributed by atoms with E-state index in [2.05, 4.69) is 0 Å². The van der Waals surface area contributed by atoms with Gasteiger partial charge in [-0.3, -0.25) is 4.79 Å². The highest BCUT2D eigenvalue weighted by Crippen LogP contribution is 2.14. The molecule has 0 aliphatic carbocycles. The first-order valence-corrected chi connectivity index (χ1v) is 7.05. The fourth-order valence-corrected chi connectivity index (χ4v) is 2.05. The van der Waals surface area contributed by atoms with Crippen LogP contribution in [0.25, 0.3) is 0 Å². The van der Waals surface area contributed by atoms with E-state index < -0.39 is 0 Å². The Labute approximate surface area is 125 Å². The highest BCUT2D eigenvalue weighted by molar-refractivity contribution is 7.80. The van der Waals surface area contributed by atoms with Crippen LogP contribution < -0.4 is 10.5 Å². The highest BCUT2D eigenvalue weighted by Gasteiger charge is 2.17. The third-order valence-electron chi connectivity index (χ3n) is 3.03. The average molecular weight is 294 g/mol. The summed E-state index contributed by atoms with van der Waals surface area (Å²) in [7, 11) is 1.61. The summed E-state index contributed by atoms with van der Waals surface area (Å²) in [5.74, 6) is 0.832. The van der Waals surface area contributed by atoms with E-state index in [0.29, 0.717) is 24.4 Å². The average Bonchev–Trinajstić information content (AvgIpc) is 2.38. The molecule has 0 radical (unpaired) electrons. The lowest BCUT2D eigenvalue weighted by Gasteiger charge is -2.26. The summed E-state index contributed by atoms with van der Waals surface area (Å²) in [4.78, 5) is 14.6. The molecule has 0 bridgehead atoms. The number of nitrogens with zero attached hydrogens (tertiary/aromatic N) is 1. The van der Waals surface area contributed by atoms with Gasteiger partial charge in [0, 0.05) is 19.0 Å². The SMILES string of the molecule is COc1cccc(CC(=O)N(CCC(N)=S)C(C)C)c1. The van der Waals surface area contributed by atoms with Gasteiger partial charge in [-0.2, -0.15) is 0 Å². The fourth-order valence-electron chi connectivity index (χ4n) is 1.96. The zero-order valence-electron chi connectivity index (χ0n) is 12.3. The summed E-state index contributed by atoms with van der Waals surface area (Å²) in [6.45, 7) is 4.54. The van der Waals surface area contributed by atoms with Crippen molar-refractivity contribution in [1.29, 1.82) is 0 Å². The van der Waals surface area contributed by atoms with E-state index in [1.807, 2.05) is 38.1 Å². The molecule has 0 spiro atoms. The predicted molar refractivity (Wildman–Crippen MR) is 84.9 cm³/mol. The number of thiocarbonyl (C=S) groups is 1. The normalized spacial score (nSPS) is 10.4. The lowest BCUT2D eigenvalue weighted by Crippen LogP contribution is -2.39. The lowest BCUT2D eigenvalue weighted by atomic mass is 10.1. The van der Waals surface area contributed by atoms with E-state index >= 15 is 0 Å². The highest BCUT2D eigenvalue weighted by atomic mass is 32.1. The molecular formula is C15H22N2O2S. The first-order valence-electron chi connectivity index (χ1n) is 6.64. The molecule has 4 nitrogen and oxygen atoms in total. The van der Waals surface area contributed by atoms with Gasteiger partial charge >= 0.3 is 0 Å². The molecule has 0 atom stereocenters. The van der Waals surface area contributed by atoms with Gasteiger partial charge < -0.3 is 15.4 Å². The van der Waals surface area contributed by atoms with Crippen LogP contribution in [0.3, 0.4) is 0 Å². The minimum absolute atomic E-state index is 0.0736. The molecule has 5 heteroatoms.